The van der Waals surface area contributed by atoms with Gasteiger partial charge in [-0.25, -0.2) is 8.42 Å². The summed E-state index contributed by atoms with van der Waals surface area (Å²) in [7, 11) is -1.68. The Bertz CT molecular complexity index is 827. The number of nitrogens with zero attached hydrogens (tertiary/aromatic N) is 3. The van der Waals surface area contributed by atoms with Gasteiger partial charge in [0.25, 0.3) is 5.69 Å². The number of hydrogen-bond acceptors (Lipinski definition) is 6. The van der Waals surface area contributed by atoms with Gasteiger partial charge < -0.3 is 5.32 Å². The van der Waals surface area contributed by atoms with E-state index in [4.69, 9.17) is 0 Å². The van der Waals surface area contributed by atoms with Crippen LogP contribution in [0, 0.1) is 17.0 Å². The molecule has 9 heteroatoms. The molecule has 118 valence electrons. The van der Waals surface area contributed by atoms with Crippen molar-refractivity contribution in [2.75, 3.05) is 11.6 Å². The normalized spacial score (nSPS) is 11.4. The molecule has 0 radical (unpaired) electrons. The number of rotatable bonds is 5. The molecule has 1 aromatic carbocycles. The Labute approximate surface area is 127 Å². The van der Waals surface area contributed by atoms with Gasteiger partial charge in [0.1, 0.15) is 5.69 Å². The molecule has 0 aliphatic heterocycles. The van der Waals surface area contributed by atoms with Crippen LogP contribution >= 0.6 is 0 Å². The van der Waals surface area contributed by atoms with Gasteiger partial charge >= 0.3 is 0 Å². The average molecular weight is 324 g/mol. The van der Waals surface area contributed by atoms with Crippen molar-refractivity contribution in [1.29, 1.82) is 0 Å². The van der Waals surface area contributed by atoms with Crippen LogP contribution < -0.4 is 5.32 Å². The van der Waals surface area contributed by atoms with E-state index in [1.807, 2.05) is 14.0 Å². The predicted octanol–water partition coefficient (Wildman–Crippen LogP) is 1.65. The molecule has 0 saturated carbocycles. The first-order chi connectivity index (χ1) is 10.2. The fraction of sp³-hybridized carbons (Fsp3) is 0.308. The standard InChI is InChI=1S/C13H16N4O4S/c1-9-10(8-15-16(9)2)7-14-12-5-4-11(22(3,20)21)6-13(12)17(18)19/h4-6,8,14H,7H2,1-3H3. The second-order valence-electron chi connectivity index (χ2n) is 4.94. The molecule has 1 N–H and O–H groups in total. The largest absolute Gasteiger partial charge is 0.375 e. The summed E-state index contributed by atoms with van der Waals surface area (Å²) in [4.78, 5) is 10.5. The van der Waals surface area contributed by atoms with Crippen LogP contribution in [0.25, 0.3) is 0 Å². The molecule has 0 atom stereocenters. The fourth-order valence-corrected chi connectivity index (χ4v) is 2.59. The number of nitrogens with one attached hydrogen (secondary N) is 1. The van der Waals surface area contributed by atoms with Gasteiger partial charge in [-0.1, -0.05) is 0 Å². The molecule has 2 rings (SSSR count). The Hall–Kier alpha value is -2.42. The highest BCUT2D eigenvalue weighted by atomic mass is 32.2. The number of nitro groups is 1. The number of benzene rings is 1. The van der Waals surface area contributed by atoms with Crippen LogP contribution in [-0.2, 0) is 23.4 Å². The maximum Gasteiger partial charge on any atom is 0.293 e. The molecule has 0 amide bonds. The molecule has 1 heterocycles. The van der Waals surface area contributed by atoms with Crippen LogP contribution in [0.4, 0.5) is 11.4 Å². The zero-order valence-corrected chi connectivity index (χ0v) is 13.2. The molecule has 1 aromatic heterocycles. The number of nitro benzene ring substituents is 1. The third-order valence-electron chi connectivity index (χ3n) is 3.40. The molecule has 0 aliphatic carbocycles. The Morgan fingerprint density at radius 2 is 2.09 bits per heavy atom. The Morgan fingerprint density at radius 3 is 2.59 bits per heavy atom. The molecule has 0 bridgehead atoms. The second-order valence-corrected chi connectivity index (χ2v) is 6.96. The van der Waals surface area contributed by atoms with Crippen molar-refractivity contribution in [3.05, 3.63) is 45.8 Å². The molecular formula is C13H16N4O4S. The topological polar surface area (TPSA) is 107 Å². The number of sulfone groups is 1. The SMILES string of the molecule is Cc1c(CNc2ccc(S(C)(=O)=O)cc2[N+](=O)[O-])cnn1C. The van der Waals surface area contributed by atoms with E-state index in [0.717, 1.165) is 23.6 Å². The summed E-state index contributed by atoms with van der Waals surface area (Å²) in [6.07, 6.45) is 2.69. The smallest absolute Gasteiger partial charge is 0.293 e. The minimum absolute atomic E-state index is 0.0812. The summed E-state index contributed by atoms with van der Waals surface area (Å²) >= 11 is 0. The first kappa shape index (κ1) is 16.0. The lowest BCUT2D eigenvalue weighted by molar-refractivity contribution is -0.384. The Balaban J connectivity index is 2.31. The first-order valence-corrected chi connectivity index (χ1v) is 8.29. The van der Waals surface area contributed by atoms with Crippen LogP contribution in [0.5, 0.6) is 0 Å². The van der Waals surface area contributed by atoms with Gasteiger partial charge in [-0.3, -0.25) is 14.8 Å². The number of aromatic nitrogens is 2. The molecule has 0 saturated heterocycles. The van der Waals surface area contributed by atoms with Crippen LogP contribution in [0.2, 0.25) is 0 Å². The van der Waals surface area contributed by atoms with Gasteiger partial charge in [0.2, 0.25) is 0 Å². The molecule has 0 aliphatic rings. The van der Waals surface area contributed by atoms with Crippen molar-refractivity contribution >= 4 is 21.2 Å². The van der Waals surface area contributed by atoms with Crippen molar-refractivity contribution in [3.63, 3.8) is 0 Å². The number of anilines is 1. The summed E-state index contributed by atoms with van der Waals surface area (Å²) in [6.45, 7) is 2.25. The highest BCUT2D eigenvalue weighted by Gasteiger charge is 2.18. The van der Waals surface area contributed by atoms with E-state index in [0.29, 0.717) is 6.54 Å². The zero-order chi connectivity index (χ0) is 16.5. The lowest BCUT2D eigenvalue weighted by Crippen LogP contribution is -2.05. The summed E-state index contributed by atoms with van der Waals surface area (Å²) in [5, 5.41) is 18.2. The van der Waals surface area contributed by atoms with E-state index < -0.39 is 14.8 Å². The van der Waals surface area contributed by atoms with Crippen molar-refractivity contribution in [2.24, 2.45) is 7.05 Å². The lowest BCUT2D eigenvalue weighted by Gasteiger charge is -2.08. The first-order valence-electron chi connectivity index (χ1n) is 6.40. The Kier molecular flexibility index (Phi) is 4.18. The van der Waals surface area contributed by atoms with Gasteiger partial charge in [0, 0.05) is 37.2 Å². The molecule has 0 fully saturated rings. The third kappa shape index (κ3) is 3.25. The zero-order valence-electron chi connectivity index (χ0n) is 12.4. The number of hydrogen-bond donors (Lipinski definition) is 1. The van der Waals surface area contributed by atoms with E-state index in [1.54, 1.807) is 10.9 Å². The minimum atomic E-state index is -3.49. The Morgan fingerprint density at radius 1 is 1.41 bits per heavy atom. The van der Waals surface area contributed by atoms with E-state index >= 15 is 0 Å². The summed E-state index contributed by atoms with van der Waals surface area (Å²) in [6, 6.07) is 3.81. The van der Waals surface area contributed by atoms with E-state index in [1.165, 1.54) is 12.1 Å². The van der Waals surface area contributed by atoms with Gasteiger partial charge in [-0.15, -0.1) is 0 Å². The van der Waals surface area contributed by atoms with Crippen molar-refractivity contribution in [3.8, 4) is 0 Å². The van der Waals surface area contributed by atoms with Gasteiger partial charge in [0.15, 0.2) is 9.84 Å². The molecular weight excluding hydrogens is 308 g/mol. The highest BCUT2D eigenvalue weighted by molar-refractivity contribution is 7.90. The van der Waals surface area contributed by atoms with Crippen LogP contribution in [0.15, 0.2) is 29.3 Å². The summed E-state index contributed by atoms with van der Waals surface area (Å²) in [5.74, 6) is 0. The van der Waals surface area contributed by atoms with Crippen LogP contribution in [0.3, 0.4) is 0 Å². The quantitative estimate of drug-likeness (QED) is 0.662. The van der Waals surface area contributed by atoms with E-state index in [9.17, 15) is 18.5 Å². The van der Waals surface area contributed by atoms with E-state index in [2.05, 4.69) is 10.4 Å². The molecule has 0 spiro atoms. The van der Waals surface area contributed by atoms with Crippen LogP contribution in [0.1, 0.15) is 11.3 Å². The van der Waals surface area contributed by atoms with Gasteiger partial charge in [-0.05, 0) is 19.1 Å². The van der Waals surface area contributed by atoms with Gasteiger partial charge in [0.05, 0.1) is 16.0 Å². The highest BCUT2D eigenvalue weighted by Crippen LogP contribution is 2.28. The maximum atomic E-state index is 11.5. The van der Waals surface area contributed by atoms with Gasteiger partial charge in [-0.2, -0.15) is 5.10 Å². The molecule has 22 heavy (non-hydrogen) atoms. The van der Waals surface area contributed by atoms with E-state index in [-0.39, 0.29) is 16.3 Å². The number of aryl methyl sites for hydroxylation is 1. The monoisotopic (exact) mass is 324 g/mol. The fourth-order valence-electron chi connectivity index (χ4n) is 1.95. The van der Waals surface area contributed by atoms with Crippen LogP contribution in [-0.4, -0.2) is 29.4 Å². The molecule has 0 unspecified atom stereocenters. The predicted molar refractivity (Wildman–Crippen MR) is 81.5 cm³/mol. The maximum absolute atomic E-state index is 11.5. The second kappa shape index (κ2) is 5.76. The molecule has 2 aromatic rings. The van der Waals surface area contributed by atoms with Crippen molar-refractivity contribution in [2.45, 2.75) is 18.4 Å². The van der Waals surface area contributed by atoms with Crippen molar-refractivity contribution < 1.29 is 13.3 Å². The molecule has 8 nitrogen and oxygen atoms in total. The minimum Gasteiger partial charge on any atom is -0.375 e. The lowest BCUT2D eigenvalue weighted by atomic mass is 10.2. The average Bonchev–Trinajstić information content (AvgIpc) is 2.75. The van der Waals surface area contributed by atoms with Crippen molar-refractivity contribution in [1.82, 2.24) is 9.78 Å². The summed E-state index contributed by atoms with van der Waals surface area (Å²) in [5.41, 5.74) is 1.84. The summed E-state index contributed by atoms with van der Waals surface area (Å²) < 4.78 is 24.7. The third-order valence-corrected chi connectivity index (χ3v) is 4.51.